The Morgan fingerprint density at radius 3 is 2.49 bits per heavy atom. The van der Waals surface area contributed by atoms with Crippen LogP contribution in [0.1, 0.15) is 28.4 Å². The number of carbonyl (C=O) groups is 4. The van der Waals surface area contributed by atoms with Gasteiger partial charge in [-0.05, 0) is 61.5 Å². The highest BCUT2D eigenvalue weighted by atomic mass is 79.9. The number of ether oxygens (including phenoxy) is 2. The summed E-state index contributed by atoms with van der Waals surface area (Å²) >= 11 is 9.61. The van der Waals surface area contributed by atoms with Crippen LogP contribution in [0.15, 0.2) is 76.8 Å². The first-order valence-corrected chi connectivity index (χ1v) is 12.3. The highest BCUT2D eigenvalue weighted by Gasteiger charge is 2.37. The fraction of sp³-hybridized carbons (Fsp3) is 0.111. The van der Waals surface area contributed by atoms with Gasteiger partial charge in [0.25, 0.3) is 11.8 Å². The zero-order valence-corrected chi connectivity index (χ0v) is 21.8. The maximum Gasteiger partial charge on any atom is 0.338 e. The number of rotatable bonds is 7. The van der Waals surface area contributed by atoms with Gasteiger partial charge in [0.2, 0.25) is 0 Å². The Kier molecular flexibility index (Phi) is 8.05. The van der Waals surface area contributed by atoms with Crippen molar-refractivity contribution in [1.29, 1.82) is 0 Å². The lowest BCUT2D eigenvalue weighted by Gasteiger charge is -2.26. The van der Waals surface area contributed by atoms with Crippen LogP contribution in [0.4, 0.5) is 10.5 Å². The maximum absolute atomic E-state index is 13.3. The highest BCUT2D eigenvalue weighted by Crippen LogP contribution is 2.29. The maximum atomic E-state index is 13.3. The second kappa shape index (κ2) is 11.4. The zero-order chi connectivity index (χ0) is 26.5. The van der Waals surface area contributed by atoms with Crippen molar-refractivity contribution >= 4 is 63.1 Å². The first-order chi connectivity index (χ1) is 17.8. The summed E-state index contributed by atoms with van der Waals surface area (Å²) in [5.41, 5.74) is 1.37. The molecule has 0 bridgehead atoms. The molecule has 188 valence electrons. The number of carbonyl (C=O) groups excluding carboxylic acids is 4. The molecule has 1 N–H and O–H groups in total. The molecule has 1 aliphatic heterocycles. The number of benzene rings is 3. The molecule has 37 heavy (non-hydrogen) atoms. The number of nitrogens with one attached hydrogen (secondary N) is 1. The Morgan fingerprint density at radius 2 is 1.78 bits per heavy atom. The molecule has 4 rings (SSSR count). The standard InChI is InChI=1S/C27H20BrClN2O6/c1-2-36-26(34)16-7-10-20(11-8-16)31-25(33)21(24(32)30-27(31)35)14-18-13-19(28)9-12-23(18)37-15-17-5-3-4-6-22(17)29/h3-14H,2,15H2,1H3,(H,30,32,35)/b21-14+. The first kappa shape index (κ1) is 26.1. The molecule has 3 aromatic rings. The minimum Gasteiger partial charge on any atom is -0.488 e. The van der Waals surface area contributed by atoms with Crippen molar-refractivity contribution < 1.29 is 28.7 Å². The summed E-state index contributed by atoms with van der Waals surface area (Å²) in [5, 5.41) is 2.73. The number of hydrogen-bond donors (Lipinski definition) is 1. The van der Waals surface area contributed by atoms with Crippen LogP contribution in [0.3, 0.4) is 0 Å². The minimum absolute atomic E-state index is 0.162. The van der Waals surface area contributed by atoms with Gasteiger partial charge in [0.1, 0.15) is 17.9 Å². The topological polar surface area (TPSA) is 102 Å². The van der Waals surface area contributed by atoms with Crippen LogP contribution < -0.4 is 15.0 Å². The van der Waals surface area contributed by atoms with E-state index in [4.69, 9.17) is 21.1 Å². The van der Waals surface area contributed by atoms with Crippen LogP contribution in [-0.4, -0.2) is 30.4 Å². The molecular formula is C27H20BrClN2O6. The minimum atomic E-state index is -0.902. The number of amides is 4. The third kappa shape index (κ3) is 5.90. The normalized spacial score (nSPS) is 14.5. The van der Waals surface area contributed by atoms with Gasteiger partial charge in [-0.1, -0.05) is 45.7 Å². The Balaban J connectivity index is 1.64. The molecule has 8 nitrogen and oxygen atoms in total. The molecule has 0 aliphatic carbocycles. The molecule has 0 radical (unpaired) electrons. The summed E-state index contributed by atoms with van der Waals surface area (Å²) in [7, 11) is 0. The molecule has 0 spiro atoms. The summed E-state index contributed by atoms with van der Waals surface area (Å²) in [5.74, 6) is -1.79. The molecule has 0 saturated carbocycles. The number of imide groups is 2. The molecule has 0 aromatic heterocycles. The predicted molar refractivity (Wildman–Crippen MR) is 141 cm³/mol. The van der Waals surface area contributed by atoms with E-state index in [9.17, 15) is 19.2 Å². The number of esters is 1. The van der Waals surface area contributed by atoms with Crippen LogP contribution in [0.2, 0.25) is 5.02 Å². The molecule has 4 amide bonds. The molecule has 10 heteroatoms. The molecule has 1 aliphatic rings. The van der Waals surface area contributed by atoms with Gasteiger partial charge in [-0.25, -0.2) is 14.5 Å². The molecular weight excluding hydrogens is 564 g/mol. The predicted octanol–water partition coefficient (Wildman–Crippen LogP) is 5.52. The Labute approximate surface area is 225 Å². The number of hydrogen-bond acceptors (Lipinski definition) is 6. The number of urea groups is 1. The second-order valence-electron chi connectivity index (χ2n) is 7.79. The van der Waals surface area contributed by atoms with Gasteiger partial charge in [-0.3, -0.25) is 14.9 Å². The fourth-order valence-corrected chi connectivity index (χ4v) is 4.11. The van der Waals surface area contributed by atoms with E-state index < -0.39 is 23.8 Å². The van der Waals surface area contributed by atoms with Crippen LogP contribution in [-0.2, 0) is 20.9 Å². The van der Waals surface area contributed by atoms with Gasteiger partial charge >= 0.3 is 12.0 Å². The molecule has 3 aromatic carbocycles. The lowest BCUT2D eigenvalue weighted by Crippen LogP contribution is -2.54. The molecule has 1 saturated heterocycles. The van der Waals surface area contributed by atoms with Crippen LogP contribution in [0.5, 0.6) is 5.75 Å². The van der Waals surface area contributed by atoms with Crippen molar-refractivity contribution in [3.05, 3.63) is 98.5 Å². The van der Waals surface area contributed by atoms with Crippen molar-refractivity contribution in [1.82, 2.24) is 5.32 Å². The van der Waals surface area contributed by atoms with Gasteiger partial charge in [0.15, 0.2) is 0 Å². The van der Waals surface area contributed by atoms with Gasteiger partial charge in [0, 0.05) is 20.6 Å². The number of barbiturate groups is 1. The lowest BCUT2D eigenvalue weighted by molar-refractivity contribution is -0.122. The summed E-state index contributed by atoms with van der Waals surface area (Å²) in [6.45, 7) is 2.06. The van der Waals surface area contributed by atoms with E-state index in [1.54, 1.807) is 31.2 Å². The molecule has 1 fully saturated rings. The van der Waals surface area contributed by atoms with Gasteiger partial charge in [-0.2, -0.15) is 0 Å². The van der Waals surface area contributed by atoms with Gasteiger partial charge < -0.3 is 9.47 Å². The Morgan fingerprint density at radius 1 is 1.05 bits per heavy atom. The van der Waals surface area contributed by atoms with Crippen molar-refractivity contribution in [2.75, 3.05) is 11.5 Å². The largest absolute Gasteiger partial charge is 0.488 e. The number of nitrogens with zero attached hydrogens (tertiary/aromatic N) is 1. The van der Waals surface area contributed by atoms with E-state index in [1.807, 2.05) is 18.2 Å². The smallest absolute Gasteiger partial charge is 0.338 e. The summed E-state index contributed by atoms with van der Waals surface area (Å²) < 4.78 is 11.6. The average molecular weight is 584 g/mol. The summed E-state index contributed by atoms with van der Waals surface area (Å²) in [6.07, 6.45) is 1.36. The van der Waals surface area contributed by atoms with E-state index in [-0.39, 0.29) is 30.0 Å². The van der Waals surface area contributed by atoms with Crippen molar-refractivity contribution in [2.24, 2.45) is 0 Å². The summed E-state index contributed by atoms with van der Waals surface area (Å²) in [6, 6.07) is 17.2. The summed E-state index contributed by atoms with van der Waals surface area (Å²) in [4.78, 5) is 51.3. The number of halogens is 2. The zero-order valence-electron chi connectivity index (χ0n) is 19.5. The van der Waals surface area contributed by atoms with Gasteiger partial charge in [0.05, 0.1) is 17.9 Å². The van der Waals surface area contributed by atoms with Crippen LogP contribution in [0.25, 0.3) is 6.08 Å². The molecule has 0 unspecified atom stereocenters. The number of anilines is 1. The van der Waals surface area contributed by atoms with Crippen molar-refractivity contribution in [3.63, 3.8) is 0 Å². The van der Waals surface area contributed by atoms with E-state index >= 15 is 0 Å². The monoisotopic (exact) mass is 582 g/mol. The fourth-order valence-electron chi connectivity index (χ4n) is 3.54. The van der Waals surface area contributed by atoms with Crippen molar-refractivity contribution in [3.8, 4) is 5.75 Å². The highest BCUT2D eigenvalue weighted by molar-refractivity contribution is 9.10. The Bertz CT molecular complexity index is 1420. The SMILES string of the molecule is CCOC(=O)c1ccc(N2C(=O)NC(=O)/C(=C\c3cc(Br)ccc3OCc3ccccc3Cl)C2=O)cc1. The van der Waals surface area contributed by atoms with E-state index in [0.717, 1.165) is 10.5 Å². The molecule has 1 heterocycles. The molecule has 0 atom stereocenters. The lowest BCUT2D eigenvalue weighted by atomic mass is 10.1. The van der Waals surface area contributed by atoms with Gasteiger partial charge in [-0.15, -0.1) is 0 Å². The van der Waals surface area contributed by atoms with E-state index in [0.29, 0.717) is 20.8 Å². The Hall–Kier alpha value is -3.95. The van der Waals surface area contributed by atoms with Crippen molar-refractivity contribution in [2.45, 2.75) is 13.5 Å². The third-order valence-electron chi connectivity index (χ3n) is 5.35. The quantitative estimate of drug-likeness (QED) is 0.223. The van der Waals surface area contributed by atoms with E-state index in [2.05, 4.69) is 21.2 Å². The van der Waals surface area contributed by atoms with Crippen LogP contribution in [0, 0.1) is 0 Å². The third-order valence-corrected chi connectivity index (χ3v) is 6.21. The second-order valence-corrected chi connectivity index (χ2v) is 9.11. The average Bonchev–Trinajstić information content (AvgIpc) is 2.87. The first-order valence-electron chi connectivity index (χ1n) is 11.1. The van der Waals surface area contributed by atoms with Crippen LogP contribution >= 0.6 is 27.5 Å². The van der Waals surface area contributed by atoms with E-state index in [1.165, 1.54) is 30.3 Å².